The van der Waals surface area contributed by atoms with Gasteiger partial charge in [0.15, 0.2) is 0 Å². The highest BCUT2D eigenvalue weighted by atomic mass is 32.2. The van der Waals surface area contributed by atoms with Gasteiger partial charge in [0.25, 0.3) is 0 Å². The van der Waals surface area contributed by atoms with Crippen LogP contribution in [-0.2, 0) is 0 Å². The van der Waals surface area contributed by atoms with Gasteiger partial charge in [-0.3, -0.25) is 4.90 Å². The summed E-state index contributed by atoms with van der Waals surface area (Å²) >= 11 is 1.96. The van der Waals surface area contributed by atoms with Gasteiger partial charge in [0.05, 0.1) is 0 Å². The first kappa shape index (κ1) is 12.7. The molecular weight excluding hydrogens is 216 g/mol. The molecule has 2 nitrogen and oxygen atoms in total. The first-order valence-electron chi connectivity index (χ1n) is 6.80. The Kier molecular flexibility index (Phi) is 4.98. The van der Waals surface area contributed by atoms with E-state index in [4.69, 9.17) is 5.73 Å². The Morgan fingerprint density at radius 2 is 2.06 bits per heavy atom. The molecule has 0 saturated heterocycles. The summed E-state index contributed by atoms with van der Waals surface area (Å²) in [6, 6.07) is 1.56. The molecule has 0 spiro atoms. The van der Waals surface area contributed by atoms with E-state index in [9.17, 15) is 0 Å². The second-order valence-corrected chi connectivity index (χ2v) is 6.38. The maximum absolute atomic E-state index is 5.97. The van der Waals surface area contributed by atoms with Gasteiger partial charge in [-0.2, -0.15) is 11.8 Å². The number of hydrogen-bond donors (Lipinski definition) is 1. The fraction of sp³-hybridized carbons (Fsp3) is 1.00. The van der Waals surface area contributed by atoms with Crippen LogP contribution in [0, 0.1) is 5.92 Å². The van der Waals surface area contributed by atoms with E-state index in [0.29, 0.717) is 6.04 Å². The second-order valence-electron chi connectivity index (χ2n) is 5.40. The van der Waals surface area contributed by atoms with Crippen LogP contribution >= 0.6 is 11.8 Å². The smallest absolute Gasteiger partial charge is 0.0221 e. The molecule has 16 heavy (non-hydrogen) atoms. The predicted molar refractivity (Wildman–Crippen MR) is 72.9 cm³/mol. The predicted octanol–water partition coefficient (Wildman–Crippen LogP) is 2.33. The standard InChI is InChI=1S/C13H26N2S/c1-16-8-2-3-13(9-14)15(12-6-7-12)10-11-4-5-11/h11-13H,2-10,14H2,1H3. The highest BCUT2D eigenvalue weighted by Crippen LogP contribution is 2.36. The molecule has 0 bridgehead atoms. The van der Waals surface area contributed by atoms with Crippen molar-refractivity contribution in [1.29, 1.82) is 0 Å². The summed E-state index contributed by atoms with van der Waals surface area (Å²) < 4.78 is 0. The Morgan fingerprint density at radius 3 is 2.56 bits per heavy atom. The normalized spacial score (nSPS) is 22.7. The third kappa shape index (κ3) is 3.94. The van der Waals surface area contributed by atoms with Crippen molar-refractivity contribution < 1.29 is 0 Å². The van der Waals surface area contributed by atoms with Crippen molar-refractivity contribution in [3.05, 3.63) is 0 Å². The molecular formula is C13H26N2S. The molecule has 94 valence electrons. The van der Waals surface area contributed by atoms with Crippen LogP contribution in [0.3, 0.4) is 0 Å². The zero-order valence-corrected chi connectivity index (χ0v) is 11.3. The van der Waals surface area contributed by atoms with Crippen molar-refractivity contribution in [3.63, 3.8) is 0 Å². The van der Waals surface area contributed by atoms with E-state index in [0.717, 1.165) is 18.5 Å². The molecule has 0 aliphatic heterocycles. The first-order valence-corrected chi connectivity index (χ1v) is 8.19. The Labute approximate surface area is 104 Å². The topological polar surface area (TPSA) is 29.3 Å². The lowest BCUT2D eigenvalue weighted by Gasteiger charge is -2.31. The summed E-state index contributed by atoms with van der Waals surface area (Å²) in [4.78, 5) is 2.75. The molecule has 2 saturated carbocycles. The van der Waals surface area contributed by atoms with E-state index in [-0.39, 0.29) is 0 Å². The Bertz CT molecular complexity index is 202. The summed E-state index contributed by atoms with van der Waals surface area (Å²) in [6.07, 6.45) is 10.6. The highest BCUT2D eigenvalue weighted by Gasteiger charge is 2.36. The average Bonchev–Trinajstić information content (AvgIpc) is 3.16. The fourth-order valence-corrected chi connectivity index (χ4v) is 2.94. The largest absolute Gasteiger partial charge is 0.329 e. The second kappa shape index (κ2) is 6.27. The van der Waals surface area contributed by atoms with Gasteiger partial charge in [0.2, 0.25) is 0 Å². The summed E-state index contributed by atoms with van der Waals surface area (Å²) in [5, 5.41) is 0. The minimum atomic E-state index is 0.667. The molecule has 3 heteroatoms. The summed E-state index contributed by atoms with van der Waals surface area (Å²) in [5.41, 5.74) is 5.97. The van der Waals surface area contributed by atoms with Gasteiger partial charge in [-0.15, -0.1) is 0 Å². The number of nitrogens with two attached hydrogens (primary N) is 1. The third-order valence-corrected chi connectivity index (χ3v) is 4.51. The fourth-order valence-electron chi connectivity index (χ4n) is 2.48. The molecule has 2 aliphatic rings. The summed E-state index contributed by atoms with van der Waals surface area (Å²) in [6.45, 7) is 2.20. The quantitative estimate of drug-likeness (QED) is 0.629. The van der Waals surface area contributed by atoms with Crippen molar-refractivity contribution in [3.8, 4) is 0 Å². The van der Waals surface area contributed by atoms with Crippen LogP contribution in [0.2, 0.25) is 0 Å². The van der Waals surface area contributed by atoms with Gasteiger partial charge < -0.3 is 5.73 Å². The highest BCUT2D eigenvalue weighted by molar-refractivity contribution is 7.98. The zero-order valence-electron chi connectivity index (χ0n) is 10.5. The van der Waals surface area contributed by atoms with E-state index in [1.54, 1.807) is 0 Å². The lowest BCUT2D eigenvalue weighted by Crippen LogP contribution is -2.43. The van der Waals surface area contributed by atoms with Crippen LogP contribution in [0.5, 0.6) is 0 Å². The molecule has 0 amide bonds. The third-order valence-electron chi connectivity index (χ3n) is 3.81. The van der Waals surface area contributed by atoms with Crippen molar-refractivity contribution >= 4 is 11.8 Å². The maximum Gasteiger partial charge on any atom is 0.0221 e. The number of thioether (sulfide) groups is 1. The van der Waals surface area contributed by atoms with E-state index in [2.05, 4.69) is 11.2 Å². The minimum absolute atomic E-state index is 0.667. The summed E-state index contributed by atoms with van der Waals surface area (Å²) in [5.74, 6) is 2.30. The van der Waals surface area contributed by atoms with Gasteiger partial charge in [-0.05, 0) is 56.5 Å². The SMILES string of the molecule is CSCCCC(CN)N(CC1CC1)C1CC1. The number of nitrogens with zero attached hydrogens (tertiary/aromatic N) is 1. The molecule has 0 aromatic heterocycles. The average molecular weight is 242 g/mol. The van der Waals surface area contributed by atoms with Crippen LogP contribution in [0.25, 0.3) is 0 Å². The number of rotatable bonds is 9. The zero-order chi connectivity index (χ0) is 11.4. The number of hydrogen-bond acceptors (Lipinski definition) is 3. The minimum Gasteiger partial charge on any atom is -0.329 e. The van der Waals surface area contributed by atoms with Gasteiger partial charge in [-0.25, -0.2) is 0 Å². The van der Waals surface area contributed by atoms with E-state index in [1.165, 1.54) is 50.8 Å². The molecule has 2 fully saturated rings. The van der Waals surface area contributed by atoms with E-state index in [1.807, 2.05) is 11.8 Å². The van der Waals surface area contributed by atoms with Crippen LogP contribution in [0.1, 0.15) is 38.5 Å². The Balaban J connectivity index is 1.77. The van der Waals surface area contributed by atoms with E-state index >= 15 is 0 Å². The molecule has 0 radical (unpaired) electrons. The van der Waals surface area contributed by atoms with Crippen molar-refractivity contribution in [2.45, 2.75) is 50.6 Å². The van der Waals surface area contributed by atoms with Crippen molar-refractivity contribution in [1.82, 2.24) is 4.90 Å². The molecule has 0 aromatic rings. The molecule has 2 rings (SSSR count). The van der Waals surface area contributed by atoms with Crippen molar-refractivity contribution in [2.24, 2.45) is 11.7 Å². The lowest BCUT2D eigenvalue weighted by atomic mass is 10.1. The molecule has 0 heterocycles. The molecule has 2 aliphatic carbocycles. The van der Waals surface area contributed by atoms with Crippen LogP contribution < -0.4 is 5.73 Å². The van der Waals surface area contributed by atoms with Gasteiger partial charge >= 0.3 is 0 Å². The van der Waals surface area contributed by atoms with Crippen LogP contribution in [0.15, 0.2) is 0 Å². The van der Waals surface area contributed by atoms with Crippen LogP contribution in [0.4, 0.5) is 0 Å². The lowest BCUT2D eigenvalue weighted by molar-refractivity contribution is 0.172. The van der Waals surface area contributed by atoms with Crippen LogP contribution in [-0.4, -0.2) is 42.1 Å². The van der Waals surface area contributed by atoms with E-state index < -0.39 is 0 Å². The monoisotopic (exact) mass is 242 g/mol. The molecule has 1 atom stereocenters. The molecule has 2 N–H and O–H groups in total. The molecule has 0 aromatic carbocycles. The summed E-state index contributed by atoms with van der Waals surface area (Å²) in [7, 11) is 0. The maximum atomic E-state index is 5.97. The van der Waals surface area contributed by atoms with Gasteiger partial charge in [-0.1, -0.05) is 0 Å². The Hall–Kier alpha value is 0.270. The molecule has 1 unspecified atom stereocenters. The van der Waals surface area contributed by atoms with Gasteiger partial charge in [0, 0.05) is 25.2 Å². The van der Waals surface area contributed by atoms with Gasteiger partial charge in [0.1, 0.15) is 0 Å². The van der Waals surface area contributed by atoms with Crippen molar-refractivity contribution in [2.75, 3.05) is 25.1 Å². The first-order chi connectivity index (χ1) is 7.85. The Morgan fingerprint density at radius 1 is 1.31 bits per heavy atom.